The van der Waals surface area contributed by atoms with Crippen molar-refractivity contribution in [3.05, 3.63) is 18.2 Å². The molecule has 0 aliphatic carbocycles. The van der Waals surface area contributed by atoms with Crippen LogP contribution in [-0.2, 0) is 26.2 Å². The van der Waals surface area contributed by atoms with Crippen molar-refractivity contribution in [2.45, 2.75) is 19.3 Å². The molecule has 1 fully saturated rings. The zero-order chi connectivity index (χ0) is 18.3. The fourth-order valence-corrected chi connectivity index (χ4v) is 3.16. The number of aliphatic carboxylic acids is 2. The molecule has 0 aromatic carbocycles. The molecular weight excluding hydrogens is 340 g/mol. The average molecular weight is 362 g/mol. The third-order valence-electron chi connectivity index (χ3n) is 3.53. The minimum Gasteiger partial charge on any atom is -0.473 e. The summed E-state index contributed by atoms with van der Waals surface area (Å²) in [5.74, 6) is -3.11. The van der Waals surface area contributed by atoms with Crippen molar-refractivity contribution in [2.24, 2.45) is 5.92 Å². The minimum atomic E-state index is -3.44. The Morgan fingerprint density at radius 2 is 1.83 bits per heavy atom. The number of nitrogens with zero attached hydrogens (tertiary/aromatic N) is 3. The number of hydrogen-bond acceptors (Lipinski definition) is 6. The number of aromatic nitrogens is 2. The number of piperidine rings is 1. The molecular formula is C13H22N4O6S. The Hall–Kier alpha value is -1.98. The zero-order valence-electron chi connectivity index (χ0n) is 13.5. The molecule has 2 heterocycles. The average Bonchev–Trinajstić information content (AvgIpc) is 2.97. The van der Waals surface area contributed by atoms with Crippen LogP contribution in [0, 0.1) is 5.92 Å². The van der Waals surface area contributed by atoms with Crippen LogP contribution in [0.15, 0.2) is 12.5 Å². The second-order valence-electron chi connectivity index (χ2n) is 5.48. The Morgan fingerprint density at radius 3 is 2.29 bits per heavy atom. The van der Waals surface area contributed by atoms with Crippen molar-refractivity contribution in [1.29, 1.82) is 0 Å². The molecule has 3 N–H and O–H groups in total. The molecule has 0 amide bonds. The van der Waals surface area contributed by atoms with Gasteiger partial charge < -0.3 is 15.5 Å². The largest absolute Gasteiger partial charge is 0.473 e. The first kappa shape index (κ1) is 20.1. The summed E-state index contributed by atoms with van der Waals surface area (Å²) in [5, 5.41) is 18.1. The molecule has 0 atom stereocenters. The minimum absolute atomic E-state index is 0.541. The first-order chi connectivity index (χ1) is 11.2. The van der Waals surface area contributed by atoms with E-state index in [1.54, 1.807) is 6.20 Å². The molecule has 0 saturated carbocycles. The highest BCUT2D eigenvalue weighted by Gasteiger charge is 2.22. The Bertz CT molecular complexity index is 652. The highest BCUT2D eigenvalue weighted by molar-refractivity contribution is 7.87. The quantitative estimate of drug-likeness (QED) is 0.593. The molecule has 10 nitrogen and oxygen atoms in total. The normalized spacial score (nSPS) is 15.6. The Balaban J connectivity index is 0.000000413. The van der Waals surface area contributed by atoms with Crippen LogP contribution in [0.1, 0.15) is 18.5 Å². The van der Waals surface area contributed by atoms with Crippen molar-refractivity contribution in [1.82, 2.24) is 18.6 Å². The van der Waals surface area contributed by atoms with E-state index < -0.39 is 22.1 Å². The molecule has 1 aliphatic heterocycles. The molecule has 1 aliphatic rings. The predicted molar refractivity (Wildman–Crippen MR) is 84.8 cm³/mol. The molecule has 0 unspecified atom stereocenters. The number of imidazole rings is 1. The zero-order valence-corrected chi connectivity index (χ0v) is 14.4. The van der Waals surface area contributed by atoms with Gasteiger partial charge in [0.05, 0.1) is 5.69 Å². The van der Waals surface area contributed by atoms with Crippen LogP contribution in [0.5, 0.6) is 0 Å². The van der Waals surface area contributed by atoms with Gasteiger partial charge in [-0.25, -0.2) is 18.5 Å². The topological polar surface area (TPSA) is 142 Å². The summed E-state index contributed by atoms with van der Waals surface area (Å²) in [4.78, 5) is 22.2. The summed E-state index contributed by atoms with van der Waals surface area (Å²) in [6.07, 6.45) is 5.99. The summed E-state index contributed by atoms with van der Waals surface area (Å²) >= 11 is 0. The van der Waals surface area contributed by atoms with Gasteiger partial charge in [0, 0.05) is 20.3 Å². The van der Waals surface area contributed by atoms with Crippen LogP contribution >= 0.6 is 0 Å². The molecule has 0 spiro atoms. The highest BCUT2D eigenvalue weighted by Crippen LogP contribution is 2.19. The summed E-state index contributed by atoms with van der Waals surface area (Å²) in [5.41, 5.74) is 0.774. The molecule has 1 saturated heterocycles. The third-order valence-corrected chi connectivity index (χ3v) is 5.28. The van der Waals surface area contributed by atoms with Gasteiger partial charge in [0.25, 0.3) is 0 Å². The van der Waals surface area contributed by atoms with E-state index in [1.807, 2.05) is 0 Å². The van der Waals surface area contributed by atoms with Gasteiger partial charge in [0.1, 0.15) is 6.33 Å². The lowest BCUT2D eigenvalue weighted by Crippen LogP contribution is -2.32. The molecule has 0 bridgehead atoms. The lowest BCUT2D eigenvalue weighted by Gasteiger charge is -2.23. The van der Waals surface area contributed by atoms with Crippen molar-refractivity contribution in [3.63, 3.8) is 0 Å². The van der Waals surface area contributed by atoms with Gasteiger partial charge in [-0.3, -0.25) is 0 Å². The maximum absolute atomic E-state index is 12.1. The summed E-state index contributed by atoms with van der Waals surface area (Å²) in [6.45, 7) is 2.03. The predicted octanol–water partition coefficient (Wildman–Crippen LogP) is -0.765. The van der Waals surface area contributed by atoms with E-state index in [1.165, 1.54) is 28.7 Å². The number of carbonyl (C=O) groups is 2. The number of hydrogen-bond donors (Lipinski definition) is 3. The standard InChI is InChI=1S/C11H20N4O2S.C2H2O4/c1-14(2)18(16,17)15-9-13-8-11(15)7-10-3-5-12-6-4-10;3-1(4)2(5)6/h8-10,12H,3-7H2,1-2H3;(H,3,4)(H,5,6). The molecule has 1 aromatic heterocycles. The van der Waals surface area contributed by atoms with Gasteiger partial charge in [0.15, 0.2) is 0 Å². The summed E-state index contributed by atoms with van der Waals surface area (Å²) in [7, 11) is -0.380. The molecule has 11 heteroatoms. The summed E-state index contributed by atoms with van der Waals surface area (Å²) in [6, 6.07) is 0. The Labute approximate surface area is 140 Å². The molecule has 2 rings (SSSR count). The first-order valence-electron chi connectivity index (χ1n) is 7.27. The number of carboxylic acids is 2. The van der Waals surface area contributed by atoms with Gasteiger partial charge >= 0.3 is 22.1 Å². The van der Waals surface area contributed by atoms with E-state index >= 15 is 0 Å². The lowest BCUT2D eigenvalue weighted by molar-refractivity contribution is -0.159. The van der Waals surface area contributed by atoms with Crippen molar-refractivity contribution >= 4 is 22.1 Å². The molecule has 0 radical (unpaired) electrons. The number of rotatable bonds is 4. The fourth-order valence-electron chi connectivity index (χ4n) is 2.22. The van der Waals surface area contributed by atoms with Crippen LogP contribution < -0.4 is 5.32 Å². The van der Waals surface area contributed by atoms with Gasteiger partial charge in [0.2, 0.25) is 0 Å². The van der Waals surface area contributed by atoms with Crippen LogP contribution in [0.3, 0.4) is 0 Å². The Kier molecular flexibility index (Phi) is 7.32. The lowest BCUT2D eigenvalue weighted by atomic mass is 9.93. The molecule has 136 valence electrons. The monoisotopic (exact) mass is 362 g/mol. The van der Waals surface area contributed by atoms with Crippen LogP contribution in [0.4, 0.5) is 0 Å². The van der Waals surface area contributed by atoms with Gasteiger partial charge in [-0.1, -0.05) is 0 Å². The van der Waals surface area contributed by atoms with E-state index in [9.17, 15) is 8.42 Å². The van der Waals surface area contributed by atoms with Gasteiger partial charge in [-0.2, -0.15) is 12.7 Å². The fraction of sp³-hybridized carbons (Fsp3) is 0.615. The van der Waals surface area contributed by atoms with Gasteiger partial charge in [-0.15, -0.1) is 0 Å². The second kappa shape index (κ2) is 8.76. The SMILES string of the molecule is CN(C)S(=O)(=O)n1cncc1CC1CCNCC1.O=C(O)C(=O)O. The van der Waals surface area contributed by atoms with E-state index in [4.69, 9.17) is 19.8 Å². The van der Waals surface area contributed by atoms with Crippen molar-refractivity contribution in [2.75, 3.05) is 27.2 Å². The second-order valence-corrected chi connectivity index (χ2v) is 7.50. The Morgan fingerprint density at radius 1 is 1.29 bits per heavy atom. The van der Waals surface area contributed by atoms with Crippen LogP contribution in [-0.4, -0.2) is 71.0 Å². The van der Waals surface area contributed by atoms with E-state index in [0.717, 1.165) is 38.0 Å². The molecule has 1 aromatic rings. The summed E-state index contributed by atoms with van der Waals surface area (Å²) < 4.78 is 26.7. The smallest absolute Gasteiger partial charge is 0.414 e. The van der Waals surface area contributed by atoms with Crippen molar-refractivity contribution < 1.29 is 28.2 Å². The maximum atomic E-state index is 12.1. The first-order valence-corrected chi connectivity index (χ1v) is 8.67. The number of nitrogens with one attached hydrogen (secondary N) is 1. The van der Waals surface area contributed by atoms with E-state index in [-0.39, 0.29) is 0 Å². The van der Waals surface area contributed by atoms with Crippen molar-refractivity contribution in [3.8, 4) is 0 Å². The highest BCUT2D eigenvalue weighted by atomic mass is 32.2. The van der Waals surface area contributed by atoms with Crippen LogP contribution in [0.25, 0.3) is 0 Å². The van der Waals surface area contributed by atoms with E-state index in [0.29, 0.717) is 5.92 Å². The van der Waals surface area contributed by atoms with E-state index in [2.05, 4.69) is 10.3 Å². The molecule has 24 heavy (non-hydrogen) atoms. The van der Waals surface area contributed by atoms with Crippen LogP contribution in [0.2, 0.25) is 0 Å². The van der Waals surface area contributed by atoms with Gasteiger partial charge in [-0.05, 0) is 38.3 Å². The maximum Gasteiger partial charge on any atom is 0.414 e. The third kappa shape index (κ3) is 5.58. The number of carboxylic acid groups (broad SMARTS) is 2.